The molecule has 0 aromatic heterocycles. The molecule has 1 rings (SSSR count). The molecule has 0 saturated carbocycles. The number of benzene rings is 1. The van der Waals surface area contributed by atoms with Gasteiger partial charge in [0.15, 0.2) is 0 Å². The van der Waals surface area contributed by atoms with Crippen molar-refractivity contribution in [2.45, 2.75) is 26.8 Å². The van der Waals surface area contributed by atoms with Gasteiger partial charge in [-0.15, -0.1) is 0 Å². The summed E-state index contributed by atoms with van der Waals surface area (Å²) in [5, 5.41) is 3.32. The molecule has 15 heavy (non-hydrogen) atoms. The van der Waals surface area contributed by atoms with Crippen molar-refractivity contribution in [3.8, 4) is 0 Å². The fourth-order valence-electron chi connectivity index (χ4n) is 1.62. The van der Waals surface area contributed by atoms with Crippen LogP contribution in [-0.4, -0.2) is 7.05 Å². The Labute approximate surface area is 101 Å². The summed E-state index contributed by atoms with van der Waals surface area (Å²) < 4.78 is 1.17. The first-order chi connectivity index (χ1) is 7.06. The maximum absolute atomic E-state index is 3.56. The van der Waals surface area contributed by atoms with Crippen LogP contribution in [-0.2, 0) is 0 Å². The molecule has 0 bridgehead atoms. The van der Waals surface area contributed by atoms with Crippen LogP contribution in [0.1, 0.15) is 31.0 Å². The molecule has 0 saturated heterocycles. The number of likely N-dealkylation sites (N-methyl/N-ethyl adjacent to an activating group) is 1. The second kappa shape index (κ2) is 5.47. The van der Waals surface area contributed by atoms with E-state index in [1.165, 1.54) is 21.2 Å². The molecule has 1 nitrogen and oxygen atoms in total. The Bertz CT molecular complexity index is 365. The first-order valence-electron chi connectivity index (χ1n) is 5.13. The van der Waals surface area contributed by atoms with E-state index in [1.54, 1.807) is 0 Å². The molecule has 1 atom stereocenters. The summed E-state index contributed by atoms with van der Waals surface area (Å²) in [6.07, 6.45) is 2.24. The summed E-state index contributed by atoms with van der Waals surface area (Å²) >= 11 is 3.56. The molecule has 0 aliphatic rings. The zero-order chi connectivity index (χ0) is 11.4. The van der Waals surface area contributed by atoms with Gasteiger partial charge in [0, 0.05) is 4.47 Å². The Hall–Kier alpha value is -0.600. The van der Waals surface area contributed by atoms with Crippen molar-refractivity contribution in [3.63, 3.8) is 0 Å². The van der Waals surface area contributed by atoms with Gasteiger partial charge in [-0.1, -0.05) is 39.7 Å². The lowest BCUT2D eigenvalue weighted by atomic mass is 10.00. The molecule has 1 aromatic rings. The zero-order valence-electron chi connectivity index (χ0n) is 9.76. The molecule has 0 amide bonds. The van der Waals surface area contributed by atoms with Gasteiger partial charge in [0.25, 0.3) is 0 Å². The highest BCUT2D eigenvalue weighted by Gasteiger charge is 2.09. The van der Waals surface area contributed by atoms with Gasteiger partial charge in [-0.2, -0.15) is 0 Å². The summed E-state index contributed by atoms with van der Waals surface area (Å²) in [4.78, 5) is 0. The van der Waals surface area contributed by atoms with E-state index in [2.05, 4.69) is 66.3 Å². The number of nitrogens with one attached hydrogen (secondary N) is 1. The van der Waals surface area contributed by atoms with Gasteiger partial charge < -0.3 is 5.32 Å². The molecule has 0 aliphatic heterocycles. The van der Waals surface area contributed by atoms with Crippen LogP contribution in [0.3, 0.4) is 0 Å². The average Bonchev–Trinajstić information content (AvgIpc) is 2.19. The van der Waals surface area contributed by atoms with Crippen LogP contribution in [0.2, 0.25) is 0 Å². The number of rotatable bonds is 3. The Morgan fingerprint density at radius 1 is 1.40 bits per heavy atom. The molecule has 0 spiro atoms. The normalized spacial score (nSPS) is 12.3. The summed E-state index contributed by atoms with van der Waals surface area (Å²) in [5.74, 6) is 0. The monoisotopic (exact) mass is 267 g/mol. The molecule has 0 radical (unpaired) electrons. The zero-order valence-corrected chi connectivity index (χ0v) is 11.4. The Morgan fingerprint density at radius 3 is 2.60 bits per heavy atom. The third kappa shape index (κ3) is 3.18. The highest BCUT2D eigenvalue weighted by molar-refractivity contribution is 9.10. The van der Waals surface area contributed by atoms with Crippen molar-refractivity contribution < 1.29 is 0 Å². The van der Waals surface area contributed by atoms with E-state index in [1.807, 2.05) is 7.05 Å². The average molecular weight is 268 g/mol. The highest BCUT2D eigenvalue weighted by Crippen LogP contribution is 2.25. The lowest BCUT2D eigenvalue weighted by Crippen LogP contribution is -2.15. The van der Waals surface area contributed by atoms with Gasteiger partial charge in [0.05, 0.1) is 6.04 Å². The van der Waals surface area contributed by atoms with E-state index >= 15 is 0 Å². The summed E-state index contributed by atoms with van der Waals surface area (Å²) in [7, 11) is 1.99. The van der Waals surface area contributed by atoms with Crippen molar-refractivity contribution in [1.29, 1.82) is 0 Å². The van der Waals surface area contributed by atoms with Crippen LogP contribution in [0, 0.1) is 6.92 Å². The lowest BCUT2D eigenvalue weighted by Gasteiger charge is -2.16. The molecule has 2 heteroatoms. The molecule has 0 heterocycles. The lowest BCUT2D eigenvalue weighted by molar-refractivity contribution is 0.705. The van der Waals surface area contributed by atoms with Crippen molar-refractivity contribution in [3.05, 3.63) is 45.4 Å². The van der Waals surface area contributed by atoms with Crippen LogP contribution < -0.4 is 5.32 Å². The molecule has 1 N–H and O–H groups in total. The number of halogens is 1. The second-order valence-electron chi connectivity index (χ2n) is 3.96. The van der Waals surface area contributed by atoms with E-state index in [0.717, 1.165) is 0 Å². The molecule has 1 unspecified atom stereocenters. The van der Waals surface area contributed by atoms with Crippen LogP contribution in [0.4, 0.5) is 0 Å². The van der Waals surface area contributed by atoms with Crippen molar-refractivity contribution in [2.75, 3.05) is 7.05 Å². The molecular formula is C13H18BrN. The first kappa shape index (κ1) is 12.5. The predicted octanol–water partition coefficient (Wildman–Crippen LogP) is 3.98. The van der Waals surface area contributed by atoms with Crippen molar-refractivity contribution >= 4 is 15.9 Å². The number of hydrogen-bond donors (Lipinski definition) is 1. The molecule has 0 fully saturated rings. The van der Waals surface area contributed by atoms with Crippen LogP contribution >= 0.6 is 15.9 Å². The van der Waals surface area contributed by atoms with Gasteiger partial charge in [0.1, 0.15) is 0 Å². The number of allylic oxidation sites excluding steroid dienone is 1. The SMILES string of the molecule is CNC(C=C(C)C)c1cccc(Br)c1C. The fraction of sp³-hybridized carbons (Fsp3) is 0.385. The van der Waals surface area contributed by atoms with E-state index in [4.69, 9.17) is 0 Å². The maximum atomic E-state index is 3.56. The van der Waals surface area contributed by atoms with E-state index < -0.39 is 0 Å². The Balaban J connectivity index is 3.13. The van der Waals surface area contributed by atoms with E-state index in [9.17, 15) is 0 Å². The van der Waals surface area contributed by atoms with Crippen LogP contribution in [0.25, 0.3) is 0 Å². The summed E-state index contributed by atoms with van der Waals surface area (Å²) in [6.45, 7) is 6.39. The minimum atomic E-state index is 0.299. The quantitative estimate of drug-likeness (QED) is 0.817. The smallest absolute Gasteiger partial charge is 0.0509 e. The van der Waals surface area contributed by atoms with Crippen LogP contribution in [0.5, 0.6) is 0 Å². The van der Waals surface area contributed by atoms with Gasteiger partial charge in [-0.05, 0) is 45.0 Å². The van der Waals surface area contributed by atoms with Gasteiger partial charge in [-0.3, -0.25) is 0 Å². The second-order valence-corrected chi connectivity index (χ2v) is 4.82. The predicted molar refractivity (Wildman–Crippen MR) is 70.1 cm³/mol. The molecule has 1 aromatic carbocycles. The standard InChI is InChI=1S/C13H18BrN/c1-9(2)8-13(15-4)11-6-5-7-12(14)10(11)3/h5-8,13,15H,1-4H3. The molecular weight excluding hydrogens is 250 g/mol. The molecule has 0 aliphatic carbocycles. The van der Waals surface area contributed by atoms with Crippen molar-refractivity contribution in [2.24, 2.45) is 0 Å². The third-order valence-corrected chi connectivity index (χ3v) is 3.31. The Morgan fingerprint density at radius 2 is 2.07 bits per heavy atom. The van der Waals surface area contributed by atoms with E-state index in [-0.39, 0.29) is 0 Å². The minimum absolute atomic E-state index is 0.299. The highest BCUT2D eigenvalue weighted by atomic mass is 79.9. The van der Waals surface area contributed by atoms with Crippen molar-refractivity contribution in [1.82, 2.24) is 5.32 Å². The van der Waals surface area contributed by atoms with Crippen LogP contribution in [0.15, 0.2) is 34.3 Å². The fourth-order valence-corrected chi connectivity index (χ4v) is 2.00. The van der Waals surface area contributed by atoms with Gasteiger partial charge in [-0.25, -0.2) is 0 Å². The first-order valence-corrected chi connectivity index (χ1v) is 5.93. The topological polar surface area (TPSA) is 12.0 Å². The maximum Gasteiger partial charge on any atom is 0.0509 e. The van der Waals surface area contributed by atoms with Gasteiger partial charge in [0.2, 0.25) is 0 Å². The van der Waals surface area contributed by atoms with Gasteiger partial charge >= 0.3 is 0 Å². The third-order valence-electron chi connectivity index (χ3n) is 2.46. The molecule has 82 valence electrons. The minimum Gasteiger partial charge on any atom is -0.310 e. The Kier molecular flexibility index (Phi) is 4.55. The summed E-state index contributed by atoms with van der Waals surface area (Å²) in [6, 6.07) is 6.62. The number of hydrogen-bond acceptors (Lipinski definition) is 1. The van der Waals surface area contributed by atoms with E-state index in [0.29, 0.717) is 6.04 Å². The summed E-state index contributed by atoms with van der Waals surface area (Å²) in [5.41, 5.74) is 3.95. The largest absolute Gasteiger partial charge is 0.310 e.